The second-order valence-corrected chi connectivity index (χ2v) is 4.16. The van der Waals surface area contributed by atoms with Crippen LogP contribution in [0, 0.1) is 5.92 Å². The minimum absolute atomic E-state index is 0.174. The van der Waals surface area contributed by atoms with Gasteiger partial charge in [0, 0.05) is 6.54 Å². The standard InChI is InChI=1S/C10H18N2O2/c11-7-9(8-3-1-2-4-8)12-5-6-14-10(12)13/h8-9H,1-7,11H2. The lowest BCUT2D eigenvalue weighted by Gasteiger charge is -2.29. The molecule has 0 aromatic carbocycles. The zero-order chi connectivity index (χ0) is 9.97. The summed E-state index contributed by atoms with van der Waals surface area (Å²) in [6.07, 6.45) is 4.82. The Morgan fingerprint density at radius 1 is 1.50 bits per heavy atom. The lowest BCUT2D eigenvalue weighted by molar-refractivity contribution is 0.136. The van der Waals surface area contributed by atoms with Crippen LogP contribution in [0.4, 0.5) is 4.79 Å². The summed E-state index contributed by atoms with van der Waals surface area (Å²) >= 11 is 0. The number of hydrogen-bond donors (Lipinski definition) is 1. The van der Waals surface area contributed by atoms with Crippen molar-refractivity contribution >= 4 is 6.09 Å². The van der Waals surface area contributed by atoms with Crippen LogP contribution >= 0.6 is 0 Å². The largest absolute Gasteiger partial charge is 0.448 e. The fourth-order valence-electron chi connectivity index (χ4n) is 2.62. The zero-order valence-corrected chi connectivity index (χ0v) is 8.45. The van der Waals surface area contributed by atoms with Crippen LogP contribution in [-0.4, -0.2) is 36.7 Å². The van der Waals surface area contributed by atoms with E-state index < -0.39 is 0 Å². The molecule has 2 rings (SSSR count). The Hall–Kier alpha value is -0.770. The predicted molar refractivity (Wildman–Crippen MR) is 52.9 cm³/mol. The molecule has 1 amide bonds. The fraction of sp³-hybridized carbons (Fsp3) is 0.900. The summed E-state index contributed by atoms with van der Waals surface area (Å²) in [5.74, 6) is 0.602. The zero-order valence-electron chi connectivity index (χ0n) is 8.45. The molecule has 14 heavy (non-hydrogen) atoms. The Bertz CT molecular complexity index is 214. The molecule has 0 radical (unpaired) electrons. The molecule has 0 aromatic heterocycles. The molecule has 1 heterocycles. The lowest BCUT2D eigenvalue weighted by Crippen LogP contribution is -2.45. The molecule has 1 aliphatic heterocycles. The van der Waals surface area contributed by atoms with Crippen LogP contribution < -0.4 is 5.73 Å². The highest BCUT2D eigenvalue weighted by atomic mass is 16.6. The van der Waals surface area contributed by atoms with E-state index in [4.69, 9.17) is 10.5 Å². The molecule has 0 spiro atoms. The minimum atomic E-state index is -0.174. The van der Waals surface area contributed by atoms with Crippen molar-refractivity contribution in [2.24, 2.45) is 11.7 Å². The topological polar surface area (TPSA) is 55.6 Å². The number of cyclic esters (lactones) is 1. The van der Waals surface area contributed by atoms with Gasteiger partial charge in [-0.1, -0.05) is 12.8 Å². The number of carbonyl (C=O) groups excluding carboxylic acids is 1. The molecule has 1 unspecified atom stereocenters. The maximum Gasteiger partial charge on any atom is 0.410 e. The first-order chi connectivity index (χ1) is 6.83. The molecular formula is C10H18N2O2. The monoisotopic (exact) mass is 198 g/mol. The van der Waals surface area contributed by atoms with E-state index in [2.05, 4.69) is 0 Å². The van der Waals surface area contributed by atoms with E-state index in [0.717, 1.165) is 6.54 Å². The third kappa shape index (κ3) is 1.71. The van der Waals surface area contributed by atoms with Crippen molar-refractivity contribution in [3.63, 3.8) is 0 Å². The summed E-state index contributed by atoms with van der Waals surface area (Å²) in [5.41, 5.74) is 5.75. The van der Waals surface area contributed by atoms with Gasteiger partial charge in [0.1, 0.15) is 6.61 Å². The minimum Gasteiger partial charge on any atom is -0.448 e. The van der Waals surface area contributed by atoms with Gasteiger partial charge >= 0.3 is 6.09 Å². The highest BCUT2D eigenvalue weighted by molar-refractivity contribution is 5.69. The number of carbonyl (C=O) groups is 1. The molecule has 2 fully saturated rings. The highest BCUT2D eigenvalue weighted by Gasteiger charge is 2.35. The van der Waals surface area contributed by atoms with Gasteiger partial charge in [0.05, 0.1) is 12.6 Å². The molecule has 80 valence electrons. The number of hydrogen-bond acceptors (Lipinski definition) is 3. The van der Waals surface area contributed by atoms with E-state index in [1.807, 2.05) is 4.90 Å². The van der Waals surface area contributed by atoms with Crippen LogP contribution in [0.25, 0.3) is 0 Å². The predicted octanol–water partition coefficient (Wildman–Crippen LogP) is 0.956. The van der Waals surface area contributed by atoms with Gasteiger partial charge in [0.25, 0.3) is 0 Å². The summed E-state index contributed by atoms with van der Waals surface area (Å²) in [6, 6.07) is 0.215. The van der Waals surface area contributed by atoms with E-state index >= 15 is 0 Å². The summed E-state index contributed by atoms with van der Waals surface area (Å²) in [7, 11) is 0. The summed E-state index contributed by atoms with van der Waals surface area (Å²) in [5, 5.41) is 0. The summed E-state index contributed by atoms with van der Waals surface area (Å²) in [6.45, 7) is 1.82. The van der Waals surface area contributed by atoms with Crippen molar-refractivity contribution in [1.29, 1.82) is 0 Å². The van der Waals surface area contributed by atoms with Crippen LogP contribution in [-0.2, 0) is 4.74 Å². The number of nitrogens with zero attached hydrogens (tertiary/aromatic N) is 1. The molecule has 1 aliphatic carbocycles. The number of nitrogens with two attached hydrogens (primary N) is 1. The molecule has 2 aliphatic rings. The van der Waals surface area contributed by atoms with Gasteiger partial charge in [-0.05, 0) is 18.8 Å². The van der Waals surface area contributed by atoms with E-state index in [0.29, 0.717) is 19.1 Å². The molecule has 1 saturated carbocycles. The van der Waals surface area contributed by atoms with E-state index in [1.165, 1.54) is 25.7 Å². The van der Waals surface area contributed by atoms with Crippen LogP contribution in [0.2, 0.25) is 0 Å². The van der Waals surface area contributed by atoms with Gasteiger partial charge in [-0.2, -0.15) is 0 Å². The first kappa shape index (κ1) is 9.77. The Morgan fingerprint density at radius 2 is 2.21 bits per heavy atom. The molecule has 4 nitrogen and oxygen atoms in total. The molecule has 0 aromatic rings. The SMILES string of the molecule is NCC(C1CCCC1)N1CCOC1=O. The van der Waals surface area contributed by atoms with Gasteiger partial charge < -0.3 is 15.4 Å². The number of ether oxygens (including phenoxy) is 1. The molecule has 1 saturated heterocycles. The van der Waals surface area contributed by atoms with Crippen LogP contribution in [0.15, 0.2) is 0 Å². The van der Waals surface area contributed by atoms with Gasteiger partial charge in [-0.25, -0.2) is 4.79 Å². The second-order valence-electron chi connectivity index (χ2n) is 4.16. The van der Waals surface area contributed by atoms with Crippen LogP contribution in [0.3, 0.4) is 0 Å². The third-order valence-corrected chi connectivity index (χ3v) is 3.38. The van der Waals surface area contributed by atoms with E-state index in [1.54, 1.807) is 0 Å². The maximum absolute atomic E-state index is 11.4. The normalized spacial score (nSPS) is 25.5. The van der Waals surface area contributed by atoms with Crippen molar-refractivity contribution < 1.29 is 9.53 Å². The number of amides is 1. The highest BCUT2D eigenvalue weighted by Crippen LogP contribution is 2.30. The molecule has 4 heteroatoms. The van der Waals surface area contributed by atoms with Crippen LogP contribution in [0.1, 0.15) is 25.7 Å². The maximum atomic E-state index is 11.4. The van der Waals surface area contributed by atoms with Gasteiger partial charge in [0.2, 0.25) is 0 Å². The van der Waals surface area contributed by atoms with Crippen molar-refractivity contribution in [2.45, 2.75) is 31.7 Å². The summed E-state index contributed by atoms with van der Waals surface area (Å²) in [4.78, 5) is 13.2. The smallest absolute Gasteiger partial charge is 0.410 e. The van der Waals surface area contributed by atoms with Gasteiger partial charge in [-0.15, -0.1) is 0 Å². The molecule has 2 N–H and O–H groups in total. The quantitative estimate of drug-likeness (QED) is 0.734. The average molecular weight is 198 g/mol. The Balaban J connectivity index is 2.00. The number of rotatable bonds is 3. The molecule has 1 atom stereocenters. The van der Waals surface area contributed by atoms with Crippen molar-refractivity contribution in [2.75, 3.05) is 19.7 Å². The lowest BCUT2D eigenvalue weighted by atomic mass is 9.97. The second kappa shape index (κ2) is 4.17. The van der Waals surface area contributed by atoms with Crippen LogP contribution in [0.5, 0.6) is 0 Å². The third-order valence-electron chi connectivity index (χ3n) is 3.38. The summed E-state index contributed by atoms with van der Waals surface area (Å²) < 4.78 is 4.94. The van der Waals surface area contributed by atoms with E-state index in [-0.39, 0.29) is 12.1 Å². The molecule has 0 bridgehead atoms. The first-order valence-electron chi connectivity index (χ1n) is 5.46. The van der Waals surface area contributed by atoms with Crippen molar-refractivity contribution in [3.8, 4) is 0 Å². The Kier molecular flexibility index (Phi) is 2.91. The van der Waals surface area contributed by atoms with E-state index in [9.17, 15) is 4.79 Å². The fourth-order valence-corrected chi connectivity index (χ4v) is 2.62. The van der Waals surface area contributed by atoms with Crippen molar-refractivity contribution in [3.05, 3.63) is 0 Å². The first-order valence-corrected chi connectivity index (χ1v) is 5.46. The Morgan fingerprint density at radius 3 is 2.71 bits per heavy atom. The van der Waals surface area contributed by atoms with Gasteiger partial charge in [-0.3, -0.25) is 0 Å². The van der Waals surface area contributed by atoms with Crippen molar-refractivity contribution in [1.82, 2.24) is 4.90 Å². The molecular weight excluding hydrogens is 180 g/mol. The average Bonchev–Trinajstić information content (AvgIpc) is 2.80. The van der Waals surface area contributed by atoms with Gasteiger partial charge in [0.15, 0.2) is 0 Å². The Labute approximate surface area is 84.4 Å².